The molecule has 1 spiro atoms. The number of anilines is 1. The molecule has 3 aliphatic heterocycles. The summed E-state index contributed by atoms with van der Waals surface area (Å²) < 4.78 is 10.0. The van der Waals surface area contributed by atoms with Gasteiger partial charge in [0.15, 0.2) is 5.70 Å². The lowest BCUT2D eigenvalue weighted by Gasteiger charge is -2.39. The zero-order valence-electron chi connectivity index (χ0n) is 18.8. The number of fused-ring (bicyclic) bond motifs is 1. The Balaban J connectivity index is 1.83. The molecule has 10 heteroatoms. The molecule has 1 aromatic heterocycles. The first kappa shape index (κ1) is 22.3. The molecule has 0 unspecified atom stereocenters. The lowest BCUT2D eigenvalue weighted by Crippen LogP contribution is -2.55. The van der Waals surface area contributed by atoms with E-state index >= 15 is 0 Å². The molecular formula is C24H23N3O6S. The monoisotopic (exact) mass is 481 g/mol. The molecule has 1 amide bonds. The van der Waals surface area contributed by atoms with E-state index in [0.29, 0.717) is 17.1 Å². The Kier molecular flexibility index (Phi) is 5.29. The van der Waals surface area contributed by atoms with Crippen molar-refractivity contribution in [2.75, 3.05) is 32.8 Å². The van der Waals surface area contributed by atoms with Crippen molar-refractivity contribution in [3.8, 4) is 0 Å². The minimum Gasteiger partial charge on any atom is -0.466 e. The Hall–Kier alpha value is -3.50. The van der Waals surface area contributed by atoms with Gasteiger partial charge in [0.2, 0.25) is 0 Å². The molecule has 3 atom stereocenters. The van der Waals surface area contributed by atoms with E-state index in [9.17, 15) is 19.5 Å². The van der Waals surface area contributed by atoms with Gasteiger partial charge in [-0.1, -0.05) is 24.3 Å². The number of aliphatic hydroxyl groups excluding tert-OH is 1. The third-order valence-corrected chi connectivity index (χ3v) is 7.72. The van der Waals surface area contributed by atoms with Gasteiger partial charge < -0.3 is 19.5 Å². The van der Waals surface area contributed by atoms with E-state index in [2.05, 4.69) is 4.99 Å². The Morgan fingerprint density at radius 1 is 1.15 bits per heavy atom. The summed E-state index contributed by atoms with van der Waals surface area (Å²) in [5.41, 5.74) is 0.625. The molecule has 0 aliphatic carbocycles. The molecule has 1 aromatic carbocycles. The molecule has 1 saturated heterocycles. The minimum absolute atomic E-state index is 0.0684. The first-order valence-electron chi connectivity index (χ1n) is 10.7. The van der Waals surface area contributed by atoms with Gasteiger partial charge in [-0.25, -0.2) is 14.6 Å². The molecule has 0 radical (unpaired) electrons. The van der Waals surface area contributed by atoms with Gasteiger partial charge in [0, 0.05) is 12.7 Å². The van der Waals surface area contributed by atoms with Crippen LogP contribution in [0.1, 0.15) is 21.7 Å². The molecular weight excluding hydrogens is 458 g/mol. The SMILES string of the molecule is COC(=O)C1=C(C(=O)OC)[C@@H]2N(C)c3ccccc3[C@@]23C[C@@H](CO)N(C(=O)c2cccs2)C3=N1. The van der Waals surface area contributed by atoms with Gasteiger partial charge in [-0.15, -0.1) is 11.3 Å². The number of hydrogen-bond acceptors (Lipinski definition) is 9. The highest BCUT2D eigenvalue weighted by Gasteiger charge is 2.66. The summed E-state index contributed by atoms with van der Waals surface area (Å²) in [6, 6.07) is 9.82. The maximum Gasteiger partial charge on any atom is 0.357 e. The zero-order valence-corrected chi connectivity index (χ0v) is 19.7. The van der Waals surface area contributed by atoms with E-state index in [1.165, 1.54) is 30.5 Å². The highest BCUT2D eigenvalue weighted by Crippen LogP contribution is 2.57. The largest absolute Gasteiger partial charge is 0.466 e. The van der Waals surface area contributed by atoms with Gasteiger partial charge in [-0.2, -0.15) is 0 Å². The summed E-state index contributed by atoms with van der Waals surface area (Å²) >= 11 is 1.28. The van der Waals surface area contributed by atoms with Crippen LogP contribution in [-0.4, -0.2) is 73.6 Å². The molecule has 9 nitrogen and oxygen atoms in total. The number of likely N-dealkylation sites (tertiary alicyclic amines) is 1. The van der Waals surface area contributed by atoms with Crippen molar-refractivity contribution in [3.63, 3.8) is 0 Å². The molecule has 3 aliphatic rings. The molecule has 176 valence electrons. The average molecular weight is 482 g/mol. The Labute approximate surface area is 199 Å². The molecule has 2 aromatic rings. The number of rotatable bonds is 4. The number of likely N-dealkylation sites (N-methyl/N-ethyl adjacent to an activating group) is 1. The van der Waals surface area contributed by atoms with Gasteiger partial charge in [-0.3, -0.25) is 9.69 Å². The van der Waals surface area contributed by atoms with Crippen LogP contribution in [0.3, 0.4) is 0 Å². The van der Waals surface area contributed by atoms with Crippen LogP contribution in [0.15, 0.2) is 58.0 Å². The van der Waals surface area contributed by atoms with Crippen LogP contribution >= 0.6 is 11.3 Å². The lowest BCUT2D eigenvalue weighted by molar-refractivity contribution is -0.139. The number of hydrogen-bond donors (Lipinski definition) is 1. The van der Waals surface area contributed by atoms with Crippen LogP contribution in [-0.2, 0) is 24.5 Å². The summed E-state index contributed by atoms with van der Waals surface area (Å²) in [6.45, 7) is -0.308. The van der Waals surface area contributed by atoms with Crippen LogP contribution in [0.2, 0.25) is 0 Å². The summed E-state index contributed by atoms with van der Waals surface area (Å²) in [5, 5.41) is 12.1. The third-order valence-electron chi connectivity index (χ3n) is 6.86. The number of ether oxygens (including phenoxy) is 2. The molecule has 0 bridgehead atoms. The number of aliphatic imine (C=N–C) groups is 1. The second-order valence-electron chi connectivity index (χ2n) is 8.38. The topological polar surface area (TPSA) is 109 Å². The fraction of sp³-hybridized carbons (Fsp3) is 0.333. The van der Waals surface area contributed by atoms with Gasteiger partial charge in [-0.05, 0) is 29.5 Å². The summed E-state index contributed by atoms with van der Waals surface area (Å²) in [5.74, 6) is -1.50. The highest BCUT2D eigenvalue weighted by atomic mass is 32.1. The number of benzene rings is 1. The molecule has 4 heterocycles. The van der Waals surface area contributed by atoms with Gasteiger partial charge in [0.25, 0.3) is 5.91 Å². The number of thiophene rings is 1. The smallest absolute Gasteiger partial charge is 0.357 e. The molecule has 5 rings (SSSR count). The number of esters is 2. The molecule has 1 fully saturated rings. The molecule has 0 saturated carbocycles. The van der Waals surface area contributed by atoms with E-state index in [1.807, 2.05) is 36.2 Å². The number of carbonyl (C=O) groups excluding carboxylic acids is 3. The van der Waals surface area contributed by atoms with Crippen molar-refractivity contribution < 1.29 is 29.0 Å². The Morgan fingerprint density at radius 3 is 2.53 bits per heavy atom. The van der Waals surface area contributed by atoms with Crippen molar-refractivity contribution in [1.29, 1.82) is 0 Å². The van der Waals surface area contributed by atoms with E-state index in [1.54, 1.807) is 17.5 Å². The van der Waals surface area contributed by atoms with E-state index in [4.69, 9.17) is 9.47 Å². The lowest BCUT2D eigenvalue weighted by atomic mass is 9.69. The summed E-state index contributed by atoms with van der Waals surface area (Å²) in [4.78, 5) is 48.0. The Bertz CT molecular complexity index is 1250. The van der Waals surface area contributed by atoms with E-state index in [-0.39, 0.29) is 23.8 Å². The fourth-order valence-corrected chi connectivity index (χ4v) is 6.23. The van der Waals surface area contributed by atoms with Crippen LogP contribution in [0.4, 0.5) is 5.69 Å². The van der Waals surface area contributed by atoms with Gasteiger partial charge in [0.05, 0.1) is 48.8 Å². The second kappa shape index (κ2) is 8.07. The van der Waals surface area contributed by atoms with Crippen molar-refractivity contribution in [2.24, 2.45) is 4.99 Å². The number of amidine groups is 1. The Morgan fingerprint density at radius 2 is 1.88 bits per heavy atom. The van der Waals surface area contributed by atoms with E-state index in [0.717, 1.165) is 11.3 Å². The average Bonchev–Trinajstić information content (AvgIpc) is 3.57. The predicted molar refractivity (Wildman–Crippen MR) is 125 cm³/mol. The van der Waals surface area contributed by atoms with E-state index < -0.39 is 29.4 Å². The fourth-order valence-electron chi connectivity index (χ4n) is 5.57. The zero-order chi connectivity index (χ0) is 24.2. The number of carbonyl (C=O) groups is 3. The number of methoxy groups -OCH3 is 2. The van der Waals surface area contributed by atoms with Gasteiger partial charge >= 0.3 is 11.9 Å². The van der Waals surface area contributed by atoms with Crippen molar-refractivity contribution >= 4 is 40.7 Å². The normalized spacial score (nSPS) is 24.9. The summed E-state index contributed by atoms with van der Waals surface area (Å²) in [7, 11) is 4.28. The van der Waals surface area contributed by atoms with Crippen LogP contribution in [0.5, 0.6) is 0 Å². The number of para-hydroxylation sites is 1. The van der Waals surface area contributed by atoms with Crippen LogP contribution < -0.4 is 4.90 Å². The van der Waals surface area contributed by atoms with Crippen molar-refractivity contribution in [2.45, 2.75) is 23.9 Å². The summed E-state index contributed by atoms with van der Waals surface area (Å²) in [6.07, 6.45) is 0.320. The van der Waals surface area contributed by atoms with Crippen LogP contribution in [0.25, 0.3) is 0 Å². The predicted octanol–water partition coefficient (Wildman–Crippen LogP) is 1.72. The first-order chi connectivity index (χ1) is 16.4. The number of amides is 1. The van der Waals surface area contributed by atoms with Gasteiger partial charge in [0.1, 0.15) is 5.84 Å². The number of aliphatic hydroxyl groups is 1. The first-order valence-corrected chi connectivity index (χ1v) is 11.6. The standard InChI is InChI=1S/C24H23N3O6S/c1-26-15-8-5-4-7-14(15)24-11-13(12-28)27(20(29)16-9-6-10-34-16)23(24)25-18(22(31)33-3)17(19(24)26)21(30)32-2/h4-10,13,19,28H,11-12H2,1-3H3/t13-,19-,24-/m0/s1. The third kappa shape index (κ3) is 2.82. The minimum atomic E-state index is -0.952. The quantitative estimate of drug-likeness (QED) is 0.663. The molecule has 34 heavy (non-hydrogen) atoms. The van der Waals surface area contributed by atoms with Crippen LogP contribution in [0, 0.1) is 0 Å². The van der Waals surface area contributed by atoms with Crippen molar-refractivity contribution in [1.82, 2.24) is 4.90 Å². The van der Waals surface area contributed by atoms with Crippen molar-refractivity contribution in [3.05, 3.63) is 63.5 Å². The molecule has 1 N–H and O–H groups in total. The maximum absolute atomic E-state index is 13.6. The highest BCUT2D eigenvalue weighted by molar-refractivity contribution is 7.12. The number of nitrogens with zero attached hydrogens (tertiary/aromatic N) is 3. The maximum atomic E-state index is 13.6. The second-order valence-corrected chi connectivity index (χ2v) is 9.32.